The Kier molecular flexibility index (Phi) is 34.7. The zero-order chi connectivity index (χ0) is 32.7. The maximum atomic E-state index is 12.2. The molecule has 0 bridgehead atoms. The molecule has 0 aromatic heterocycles. The molecular formula is C40H73O2PS2Zn. The van der Waals surface area contributed by atoms with Crippen molar-refractivity contribution in [3.63, 3.8) is 0 Å². The molecule has 0 saturated carbocycles. The number of hydrogen-bond donors (Lipinski definition) is 0. The fraction of sp³-hybridized carbons (Fsp3) is 0.850. The van der Waals surface area contributed by atoms with Gasteiger partial charge in [0.15, 0.2) is 5.75 Å². The van der Waals surface area contributed by atoms with Gasteiger partial charge in [-0.1, -0.05) is 206 Å². The first-order valence-corrected chi connectivity index (χ1v) is 23.5. The van der Waals surface area contributed by atoms with Gasteiger partial charge < -0.3 is 33.9 Å². The van der Waals surface area contributed by atoms with Crippen molar-refractivity contribution >= 4 is 30.6 Å². The van der Waals surface area contributed by atoms with Crippen molar-refractivity contribution in [1.29, 1.82) is 0 Å². The van der Waals surface area contributed by atoms with Crippen LogP contribution in [-0.4, -0.2) is 0 Å². The van der Waals surface area contributed by atoms with E-state index in [0.29, 0.717) is 5.75 Å². The van der Waals surface area contributed by atoms with Gasteiger partial charge >= 0.3 is 19.5 Å². The summed E-state index contributed by atoms with van der Waals surface area (Å²) in [6.45, 7) is 4.58. The van der Waals surface area contributed by atoms with Gasteiger partial charge in [-0.3, -0.25) is 0 Å². The van der Waals surface area contributed by atoms with Gasteiger partial charge in [0.05, 0.1) is 0 Å². The first-order valence-electron chi connectivity index (χ1n) is 19.8. The molecule has 6 heteroatoms. The van der Waals surface area contributed by atoms with Crippen molar-refractivity contribution < 1.29 is 28.9 Å². The molecule has 0 amide bonds. The van der Waals surface area contributed by atoms with E-state index in [1.54, 1.807) is 0 Å². The summed E-state index contributed by atoms with van der Waals surface area (Å²) in [7, 11) is 0. The van der Waals surface area contributed by atoms with Gasteiger partial charge in [0.1, 0.15) is 0 Å². The maximum absolute atomic E-state index is 12.2. The van der Waals surface area contributed by atoms with Crippen molar-refractivity contribution in [3.8, 4) is 5.75 Å². The van der Waals surface area contributed by atoms with E-state index in [9.17, 15) is 4.89 Å². The number of rotatable bonds is 34. The molecule has 0 radical (unpaired) electrons. The van der Waals surface area contributed by atoms with Crippen LogP contribution in [0.2, 0.25) is 0 Å². The predicted molar refractivity (Wildman–Crippen MR) is 206 cm³/mol. The van der Waals surface area contributed by atoms with Crippen LogP contribution in [0.25, 0.3) is 0 Å². The van der Waals surface area contributed by atoms with Crippen molar-refractivity contribution in [2.75, 3.05) is 0 Å². The Bertz CT molecular complexity index is 774. The predicted octanol–water partition coefficient (Wildman–Crippen LogP) is 14.0. The maximum Gasteiger partial charge on any atom is 2.00 e. The van der Waals surface area contributed by atoms with E-state index in [2.05, 4.69) is 19.9 Å². The van der Waals surface area contributed by atoms with E-state index in [1.165, 1.54) is 197 Å². The molecule has 0 aliphatic heterocycles. The van der Waals surface area contributed by atoms with Crippen molar-refractivity contribution in [2.24, 2.45) is 0 Å². The number of benzene rings is 1. The van der Waals surface area contributed by atoms with Gasteiger partial charge in [-0.15, -0.1) is 6.12 Å². The summed E-state index contributed by atoms with van der Waals surface area (Å²) in [6.07, 6.45) is 39.9. The molecule has 0 spiro atoms. The standard InChI is InChI=1S/C40H75O2PS2.Zn/c1-3-5-7-9-11-13-15-17-19-21-23-25-27-29-31-34-38-35-33-37-40(42-43(41,44)45)39(38)36-32-30-28-26-24-22-20-18-16-14-12-10-8-6-4-2;/h33,35,37H,3-32,34,36H2,1-2H3,(H2,41,44,45);/q;+2/p-2. The molecule has 2 nitrogen and oxygen atoms in total. The minimum absolute atomic E-state index is 0. The second-order valence-corrected chi connectivity index (χ2v) is 18.5. The van der Waals surface area contributed by atoms with Crippen LogP contribution in [0.4, 0.5) is 0 Å². The van der Waals surface area contributed by atoms with Gasteiger partial charge in [-0.25, -0.2) is 0 Å². The van der Waals surface area contributed by atoms with Crippen molar-refractivity contribution in [1.82, 2.24) is 0 Å². The third-order valence-electron chi connectivity index (χ3n) is 9.52. The number of unbranched alkanes of at least 4 members (excludes halogenated alkanes) is 28. The molecule has 46 heavy (non-hydrogen) atoms. The first-order chi connectivity index (χ1) is 22.0. The number of aryl methyl sites for hydroxylation is 1. The Morgan fingerprint density at radius 2 is 0.783 bits per heavy atom. The van der Waals surface area contributed by atoms with E-state index < -0.39 is 6.12 Å². The van der Waals surface area contributed by atoms with E-state index in [1.807, 2.05) is 12.1 Å². The molecular weight excluding hydrogens is 673 g/mol. The molecule has 0 unspecified atom stereocenters. The quantitative estimate of drug-likeness (QED) is 0.0304. The average Bonchev–Trinajstić information content (AvgIpc) is 3.01. The molecule has 0 saturated heterocycles. The molecule has 0 heterocycles. The Balaban J connectivity index is 0.0000202. The molecule has 0 aliphatic rings. The fourth-order valence-corrected chi connectivity index (χ4v) is 7.59. The summed E-state index contributed by atoms with van der Waals surface area (Å²) in [5.41, 5.74) is 2.54. The Hall–Kier alpha value is 0.733. The molecule has 0 aliphatic carbocycles. The smallest absolute Gasteiger partial charge is 0.682 e. The Labute approximate surface area is 312 Å². The molecule has 0 fully saturated rings. The third kappa shape index (κ3) is 29.6. The third-order valence-corrected chi connectivity index (χ3v) is 10.4. The van der Waals surface area contributed by atoms with Gasteiger partial charge in [-0.2, -0.15) is 0 Å². The molecule has 0 N–H and O–H groups in total. The molecule has 0 atom stereocenters. The zero-order valence-electron chi connectivity index (χ0n) is 30.6. The molecule has 1 rings (SSSR count). The van der Waals surface area contributed by atoms with Gasteiger partial charge in [-0.05, 0) is 37.3 Å². The largest absolute Gasteiger partial charge is 2.00 e. The van der Waals surface area contributed by atoms with Crippen LogP contribution in [0.5, 0.6) is 5.75 Å². The summed E-state index contributed by atoms with van der Waals surface area (Å²) < 4.78 is 5.66. The van der Waals surface area contributed by atoms with E-state index >= 15 is 0 Å². The monoisotopic (exact) mass is 744 g/mol. The van der Waals surface area contributed by atoms with Gasteiger partial charge in [0.2, 0.25) is 0 Å². The second kappa shape index (κ2) is 34.2. The second-order valence-electron chi connectivity index (χ2n) is 13.8. The summed E-state index contributed by atoms with van der Waals surface area (Å²) in [6, 6.07) is 6.17. The van der Waals surface area contributed by atoms with Gasteiger partial charge in [0, 0.05) is 5.56 Å². The average molecular weight is 747 g/mol. The fourth-order valence-electron chi connectivity index (χ4n) is 6.69. The van der Waals surface area contributed by atoms with Crippen molar-refractivity contribution in [2.45, 2.75) is 219 Å². The minimum atomic E-state index is -3.41. The van der Waals surface area contributed by atoms with Crippen LogP contribution in [-0.2, 0) is 56.8 Å². The van der Waals surface area contributed by atoms with Crippen LogP contribution >= 0.6 is 6.12 Å². The van der Waals surface area contributed by atoms with Crippen LogP contribution in [0, 0.1) is 0 Å². The topological polar surface area (TPSA) is 32.3 Å². The van der Waals surface area contributed by atoms with E-state index in [4.69, 9.17) is 29.0 Å². The molecule has 264 valence electrons. The van der Waals surface area contributed by atoms with E-state index in [-0.39, 0.29) is 19.5 Å². The number of hydrogen-bond acceptors (Lipinski definition) is 4. The van der Waals surface area contributed by atoms with Crippen LogP contribution in [0.3, 0.4) is 0 Å². The summed E-state index contributed by atoms with van der Waals surface area (Å²) >= 11 is 9.95. The first kappa shape index (κ1) is 46.7. The summed E-state index contributed by atoms with van der Waals surface area (Å²) in [4.78, 5) is 12.2. The van der Waals surface area contributed by atoms with Gasteiger partial charge in [0.25, 0.3) is 0 Å². The summed E-state index contributed by atoms with van der Waals surface area (Å²) in [5, 5.41) is 0. The molecule has 1 aromatic rings. The normalized spacial score (nSPS) is 11.6. The van der Waals surface area contributed by atoms with Crippen LogP contribution in [0.1, 0.15) is 218 Å². The van der Waals surface area contributed by atoms with Crippen LogP contribution < -0.4 is 9.42 Å². The van der Waals surface area contributed by atoms with Crippen molar-refractivity contribution in [3.05, 3.63) is 29.3 Å². The summed E-state index contributed by atoms with van der Waals surface area (Å²) in [5.74, 6) is 0.673. The minimum Gasteiger partial charge on any atom is -0.682 e. The SMILES string of the molecule is CCCCCCCCCCCCCCCCCc1cccc(O[P+]([O-])([S-])[S-])c1CCCCCCCCCCCCCCCCC.[Zn+2]. The van der Waals surface area contributed by atoms with E-state index in [0.717, 1.165) is 19.3 Å². The zero-order valence-corrected chi connectivity index (χ0v) is 36.1. The molecule has 1 aromatic carbocycles. The van der Waals surface area contributed by atoms with Crippen LogP contribution in [0.15, 0.2) is 18.2 Å². The Morgan fingerprint density at radius 3 is 1.11 bits per heavy atom. The Morgan fingerprint density at radius 1 is 0.478 bits per heavy atom.